The SMILES string of the molecule is CCN(Cc1cccc(NC(=O)Cc2cccc(OC)c2)c1)C(=O)C(F)(F)F. The van der Waals surface area contributed by atoms with Crippen molar-refractivity contribution in [2.24, 2.45) is 0 Å². The Kier molecular flexibility index (Phi) is 7.03. The molecule has 8 heteroatoms. The number of halogens is 3. The number of anilines is 1. The van der Waals surface area contributed by atoms with Crippen LogP contribution in [0.2, 0.25) is 0 Å². The third kappa shape index (κ3) is 6.00. The number of carbonyl (C=O) groups excluding carboxylic acids is 2. The van der Waals surface area contributed by atoms with E-state index in [1.807, 2.05) is 0 Å². The number of benzene rings is 2. The first kappa shape index (κ1) is 21.3. The smallest absolute Gasteiger partial charge is 0.471 e. The number of alkyl halides is 3. The highest BCUT2D eigenvalue weighted by molar-refractivity contribution is 5.92. The summed E-state index contributed by atoms with van der Waals surface area (Å²) in [6, 6.07) is 13.5. The van der Waals surface area contributed by atoms with Crippen molar-refractivity contribution in [1.82, 2.24) is 4.90 Å². The molecule has 28 heavy (non-hydrogen) atoms. The molecule has 2 aromatic carbocycles. The number of carbonyl (C=O) groups is 2. The van der Waals surface area contributed by atoms with E-state index >= 15 is 0 Å². The summed E-state index contributed by atoms with van der Waals surface area (Å²) in [6.45, 7) is 1.20. The monoisotopic (exact) mass is 394 g/mol. The fourth-order valence-corrected chi connectivity index (χ4v) is 2.65. The predicted octanol–water partition coefficient (Wildman–Crippen LogP) is 3.79. The van der Waals surface area contributed by atoms with E-state index in [-0.39, 0.29) is 25.4 Å². The standard InChI is InChI=1S/C20H21F3N2O3/c1-3-25(19(27)20(21,22)23)13-15-7-4-8-16(10-15)24-18(26)12-14-6-5-9-17(11-14)28-2/h4-11H,3,12-13H2,1-2H3,(H,24,26). The zero-order valence-electron chi connectivity index (χ0n) is 15.5. The fraction of sp³-hybridized carbons (Fsp3) is 0.300. The highest BCUT2D eigenvalue weighted by atomic mass is 19.4. The second kappa shape index (κ2) is 9.25. The Morgan fingerprint density at radius 3 is 2.39 bits per heavy atom. The molecule has 5 nitrogen and oxygen atoms in total. The Morgan fingerprint density at radius 1 is 1.07 bits per heavy atom. The van der Waals surface area contributed by atoms with E-state index in [9.17, 15) is 22.8 Å². The van der Waals surface area contributed by atoms with Crippen molar-refractivity contribution in [3.8, 4) is 5.75 Å². The number of amides is 2. The van der Waals surface area contributed by atoms with E-state index in [0.29, 0.717) is 21.9 Å². The third-order valence-electron chi connectivity index (χ3n) is 3.99. The molecule has 0 aliphatic heterocycles. The van der Waals surface area contributed by atoms with Gasteiger partial charge in [-0.2, -0.15) is 13.2 Å². The molecule has 150 valence electrons. The summed E-state index contributed by atoms with van der Waals surface area (Å²) in [4.78, 5) is 24.4. The summed E-state index contributed by atoms with van der Waals surface area (Å²) in [6.07, 6.45) is -4.80. The minimum Gasteiger partial charge on any atom is -0.497 e. The van der Waals surface area contributed by atoms with Crippen LogP contribution in [-0.4, -0.2) is 36.5 Å². The van der Waals surface area contributed by atoms with Crippen LogP contribution in [0.25, 0.3) is 0 Å². The van der Waals surface area contributed by atoms with Crippen molar-refractivity contribution < 1.29 is 27.5 Å². The van der Waals surface area contributed by atoms with Crippen LogP contribution < -0.4 is 10.1 Å². The molecule has 0 radical (unpaired) electrons. The summed E-state index contributed by atoms with van der Waals surface area (Å²) in [5.74, 6) is -1.52. The number of nitrogens with one attached hydrogen (secondary N) is 1. The first-order valence-corrected chi connectivity index (χ1v) is 8.60. The van der Waals surface area contributed by atoms with Crippen LogP contribution in [0, 0.1) is 0 Å². The lowest BCUT2D eigenvalue weighted by molar-refractivity contribution is -0.185. The van der Waals surface area contributed by atoms with E-state index in [1.165, 1.54) is 14.0 Å². The van der Waals surface area contributed by atoms with Gasteiger partial charge in [-0.15, -0.1) is 0 Å². The Bertz CT molecular complexity index is 837. The first-order valence-electron chi connectivity index (χ1n) is 8.60. The lowest BCUT2D eigenvalue weighted by Crippen LogP contribution is -2.40. The van der Waals surface area contributed by atoms with Crippen LogP contribution in [-0.2, 0) is 22.6 Å². The van der Waals surface area contributed by atoms with Gasteiger partial charge in [0.15, 0.2) is 0 Å². The molecular weight excluding hydrogens is 373 g/mol. The molecule has 0 saturated carbocycles. The lowest BCUT2D eigenvalue weighted by atomic mass is 10.1. The second-order valence-corrected chi connectivity index (χ2v) is 6.09. The van der Waals surface area contributed by atoms with Gasteiger partial charge in [0.1, 0.15) is 5.75 Å². The Labute approximate surface area is 161 Å². The van der Waals surface area contributed by atoms with Crippen LogP contribution in [0.1, 0.15) is 18.1 Å². The van der Waals surface area contributed by atoms with Gasteiger partial charge in [-0.3, -0.25) is 9.59 Å². The minimum atomic E-state index is -4.92. The van der Waals surface area contributed by atoms with Gasteiger partial charge in [-0.1, -0.05) is 24.3 Å². The molecule has 0 saturated heterocycles. The zero-order chi connectivity index (χ0) is 20.7. The molecule has 0 aliphatic carbocycles. The summed E-state index contributed by atoms with van der Waals surface area (Å²) >= 11 is 0. The van der Waals surface area contributed by atoms with Crippen molar-refractivity contribution in [2.75, 3.05) is 19.0 Å². The average Bonchev–Trinajstić information content (AvgIpc) is 2.65. The van der Waals surface area contributed by atoms with Crippen LogP contribution in [0.4, 0.5) is 18.9 Å². The first-order chi connectivity index (χ1) is 13.2. The molecule has 1 N–H and O–H groups in total. The number of hydrogen-bond donors (Lipinski definition) is 1. The summed E-state index contributed by atoms with van der Waals surface area (Å²) in [5, 5.41) is 2.71. The molecule has 0 aromatic heterocycles. The predicted molar refractivity (Wildman–Crippen MR) is 98.9 cm³/mol. The lowest BCUT2D eigenvalue weighted by Gasteiger charge is -2.22. The van der Waals surface area contributed by atoms with Crippen LogP contribution in [0.15, 0.2) is 48.5 Å². The maximum absolute atomic E-state index is 12.6. The molecule has 0 aliphatic rings. The third-order valence-corrected chi connectivity index (χ3v) is 3.99. The molecule has 0 unspecified atom stereocenters. The maximum Gasteiger partial charge on any atom is 0.471 e. The van der Waals surface area contributed by atoms with E-state index in [4.69, 9.17) is 4.74 Å². The van der Waals surface area contributed by atoms with Gasteiger partial charge in [-0.05, 0) is 42.3 Å². The van der Waals surface area contributed by atoms with E-state index in [2.05, 4.69) is 5.32 Å². The highest BCUT2D eigenvalue weighted by Crippen LogP contribution is 2.21. The molecule has 0 fully saturated rings. The van der Waals surface area contributed by atoms with Gasteiger partial charge in [-0.25, -0.2) is 0 Å². The van der Waals surface area contributed by atoms with Crippen LogP contribution in [0.3, 0.4) is 0 Å². The van der Waals surface area contributed by atoms with Crippen molar-refractivity contribution in [3.63, 3.8) is 0 Å². The largest absolute Gasteiger partial charge is 0.497 e. The summed E-state index contributed by atoms with van der Waals surface area (Å²) < 4.78 is 43.0. The molecule has 2 aromatic rings. The minimum absolute atomic E-state index is 0.0786. The second-order valence-electron chi connectivity index (χ2n) is 6.09. The molecular formula is C20H21F3N2O3. The average molecular weight is 394 g/mol. The normalized spacial score (nSPS) is 11.0. The maximum atomic E-state index is 12.6. The van der Waals surface area contributed by atoms with Crippen LogP contribution in [0.5, 0.6) is 5.75 Å². The Balaban J connectivity index is 2.03. The zero-order valence-corrected chi connectivity index (χ0v) is 15.5. The molecule has 0 heterocycles. The van der Waals surface area contributed by atoms with Crippen molar-refractivity contribution in [3.05, 3.63) is 59.7 Å². The number of ether oxygens (including phenoxy) is 1. The van der Waals surface area contributed by atoms with Crippen LogP contribution >= 0.6 is 0 Å². The van der Waals surface area contributed by atoms with Gasteiger partial charge in [0.2, 0.25) is 5.91 Å². The quantitative estimate of drug-likeness (QED) is 0.778. The Hall–Kier alpha value is -3.03. The van der Waals surface area contributed by atoms with Crippen molar-refractivity contribution in [2.45, 2.75) is 26.1 Å². The van der Waals surface area contributed by atoms with Gasteiger partial charge >= 0.3 is 12.1 Å². The van der Waals surface area contributed by atoms with Crippen molar-refractivity contribution in [1.29, 1.82) is 0 Å². The summed E-state index contributed by atoms with van der Waals surface area (Å²) in [7, 11) is 1.54. The summed E-state index contributed by atoms with van der Waals surface area (Å²) in [5.41, 5.74) is 1.69. The van der Waals surface area contributed by atoms with E-state index < -0.39 is 12.1 Å². The van der Waals surface area contributed by atoms with Gasteiger partial charge in [0.25, 0.3) is 0 Å². The van der Waals surface area contributed by atoms with E-state index in [1.54, 1.807) is 48.5 Å². The van der Waals surface area contributed by atoms with E-state index in [0.717, 1.165) is 5.56 Å². The number of nitrogens with zero attached hydrogens (tertiary/aromatic N) is 1. The number of hydrogen-bond acceptors (Lipinski definition) is 3. The molecule has 2 amide bonds. The topological polar surface area (TPSA) is 58.6 Å². The number of rotatable bonds is 7. The molecule has 0 atom stereocenters. The van der Waals surface area contributed by atoms with Crippen molar-refractivity contribution >= 4 is 17.5 Å². The molecule has 0 spiro atoms. The Morgan fingerprint density at radius 2 is 1.75 bits per heavy atom. The van der Waals surface area contributed by atoms with Gasteiger partial charge in [0.05, 0.1) is 13.5 Å². The van der Waals surface area contributed by atoms with Gasteiger partial charge < -0.3 is 15.0 Å². The number of methoxy groups -OCH3 is 1. The molecule has 0 bridgehead atoms. The highest BCUT2D eigenvalue weighted by Gasteiger charge is 2.41. The van der Waals surface area contributed by atoms with Gasteiger partial charge in [0, 0.05) is 18.8 Å². The fourth-order valence-electron chi connectivity index (χ4n) is 2.65. The molecule has 2 rings (SSSR count).